The number of hydrogen-bond donors (Lipinski definition) is 0. The van der Waals surface area contributed by atoms with E-state index in [1.807, 2.05) is 36.4 Å². The van der Waals surface area contributed by atoms with Crippen LogP contribution in [0.4, 0.5) is 0 Å². The molecule has 2 heterocycles. The van der Waals surface area contributed by atoms with Crippen LogP contribution < -0.4 is 0 Å². The summed E-state index contributed by atoms with van der Waals surface area (Å²) in [4.78, 5) is 19.1. The van der Waals surface area contributed by atoms with Crippen LogP contribution in [0, 0.1) is 6.92 Å². The summed E-state index contributed by atoms with van der Waals surface area (Å²) in [5.74, 6) is -0.0522. The highest BCUT2D eigenvalue weighted by atomic mass is 16.6. The molecule has 0 bridgehead atoms. The molecule has 1 aromatic heterocycles. The van der Waals surface area contributed by atoms with E-state index in [2.05, 4.69) is 18.0 Å². The van der Waals surface area contributed by atoms with E-state index in [1.165, 1.54) is 0 Å². The SMILES string of the molecule is Cc1ccccc1CN(Cc1ccccn1)C(=O)C1COCCO1. The van der Waals surface area contributed by atoms with E-state index in [9.17, 15) is 4.79 Å². The number of ether oxygens (including phenoxy) is 2. The molecule has 1 saturated heterocycles. The Hall–Kier alpha value is -2.24. The normalized spacial score (nSPS) is 17.5. The lowest BCUT2D eigenvalue weighted by Crippen LogP contribution is -2.44. The zero-order valence-electron chi connectivity index (χ0n) is 13.9. The number of aryl methyl sites for hydroxylation is 1. The first-order chi connectivity index (χ1) is 11.7. The number of amides is 1. The predicted molar refractivity (Wildman–Crippen MR) is 90.2 cm³/mol. The lowest BCUT2D eigenvalue weighted by molar-refractivity contribution is -0.159. The number of carbonyl (C=O) groups is 1. The van der Waals surface area contributed by atoms with Crippen LogP contribution in [0.1, 0.15) is 16.8 Å². The van der Waals surface area contributed by atoms with E-state index in [0.29, 0.717) is 32.9 Å². The Labute approximate surface area is 142 Å². The van der Waals surface area contributed by atoms with Crippen LogP contribution in [0.2, 0.25) is 0 Å². The average molecular weight is 326 g/mol. The van der Waals surface area contributed by atoms with E-state index in [1.54, 1.807) is 11.1 Å². The van der Waals surface area contributed by atoms with Crippen molar-refractivity contribution >= 4 is 5.91 Å². The summed E-state index contributed by atoms with van der Waals surface area (Å²) < 4.78 is 11.0. The van der Waals surface area contributed by atoms with E-state index in [4.69, 9.17) is 9.47 Å². The molecule has 0 saturated carbocycles. The van der Waals surface area contributed by atoms with Crippen LogP contribution in [0.25, 0.3) is 0 Å². The van der Waals surface area contributed by atoms with Gasteiger partial charge in [0.15, 0.2) is 6.10 Å². The Bertz CT molecular complexity index is 669. The van der Waals surface area contributed by atoms with E-state index < -0.39 is 6.10 Å². The third kappa shape index (κ3) is 4.19. The fraction of sp³-hybridized carbons (Fsp3) is 0.368. The number of pyridine rings is 1. The zero-order valence-corrected chi connectivity index (χ0v) is 13.9. The number of rotatable bonds is 5. The zero-order chi connectivity index (χ0) is 16.8. The maximum atomic E-state index is 12.9. The van der Waals surface area contributed by atoms with Crippen molar-refractivity contribution in [2.45, 2.75) is 26.1 Å². The smallest absolute Gasteiger partial charge is 0.254 e. The van der Waals surface area contributed by atoms with Gasteiger partial charge in [-0.25, -0.2) is 0 Å². The van der Waals surface area contributed by atoms with Gasteiger partial charge in [0.05, 0.1) is 32.1 Å². The van der Waals surface area contributed by atoms with Crippen molar-refractivity contribution in [3.63, 3.8) is 0 Å². The monoisotopic (exact) mass is 326 g/mol. The van der Waals surface area contributed by atoms with Gasteiger partial charge >= 0.3 is 0 Å². The lowest BCUT2D eigenvalue weighted by atomic mass is 10.1. The molecule has 1 aromatic carbocycles. The summed E-state index contributed by atoms with van der Waals surface area (Å²) in [5.41, 5.74) is 3.15. The molecule has 1 aliphatic rings. The third-order valence-electron chi connectivity index (χ3n) is 4.10. The molecule has 5 nitrogen and oxygen atoms in total. The number of benzene rings is 1. The van der Waals surface area contributed by atoms with Crippen molar-refractivity contribution in [1.29, 1.82) is 0 Å². The number of aromatic nitrogens is 1. The molecule has 1 unspecified atom stereocenters. The molecule has 0 aliphatic carbocycles. The highest BCUT2D eigenvalue weighted by Gasteiger charge is 2.28. The van der Waals surface area contributed by atoms with E-state index in [-0.39, 0.29) is 5.91 Å². The van der Waals surface area contributed by atoms with E-state index in [0.717, 1.165) is 16.8 Å². The molecule has 1 fully saturated rings. The first-order valence-corrected chi connectivity index (χ1v) is 8.16. The van der Waals surface area contributed by atoms with Crippen molar-refractivity contribution < 1.29 is 14.3 Å². The average Bonchev–Trinajstić information content (AvgIpc) is 2.64. The molecule has 0 spiro atoms. The molecule has 5 heteroatoms. The van der Waals surface area contributed by atoms with Gasteiger partial charge in [0.1, 0.15) is 0 Å². The van der Waals surface area contributed by atoms with Gasteiger partial charge in [-0.3, -0.25) is 9.78 Å². The Balaban J connectivity index is 1.79. The van der Waals surface area contributed by atoms with Gasteiger partial charge in [-0.05, 0) is 30.2 Å². The van der Waals surface area contributed by atoms with Crippen LogP contribution in [0.15, 0.2) is 48.7 Å². The molecule has 3 rings (SSSR count). The van der Waals surface area contributed by atoms with Gasteiger partial charge in [0.2, 0.25) is 0 Å². The Kier molecular flexibility index (Phi) is 5.56. The minimum absolute atomic E-state index is 0.0522. The molecule has 24 heavy (non-hydrogen) atoms. The van der Waals surface area contributed by atoms with Gasteiger partial charge in [-0.2, -0.15) is 0 Å². The van der Waals surface area contributed by atoms with Crippen molar-refractivity contribution in [2.75, 3.05) is 19.8 Å². The first-order valence-electron chi connectivity index (χ1n) is 8.16. The van der Waals surface area contributed by atoms with Crippen molar-refractivity contribution in [1.82, 2.24) is 9.88 Å². The van der Waals surface area contributed by atoms with Gasteiger partial charge in [-0.1, -0.05) is 30.3 Å². The molecule has 0 radical (unpaired) electrons. The number of carbonyl (C=O) groups excluding carboxylic acids is 1. The Morgan fingerprint density at radius 2 is 2.00 bits per heavy atom. The maximum Gasteiger partial charge on any atom is 0.254 e. The molecular weight excluding hydrogens is 304 g/mol. The molecule has 1 amide bonds. The number of hydrogen-bond acceptors (Lipinski definition) is 4. The maximum absolute atomic E-state index is 12.9. The second-order valence-electron chi connectivity index (χ2n) is 5.88. The van der Waals surface area contributed by atoms with Gasteiger partial charge in [-0.15, -0.1) is 0 Å². The summed E-state index contributed by atoms with van der Waals surface area (Å²) >= 11 is 0. The summed E-state index contributed by atoms with van der Waals surface area (Å²) in [6.45, 7) is 4.35. The van der Waals surface area contributed by atoms with Crippen LogP contribution >= 0.6 is 0 Å². The van der Waals surface area contributed by atoms with Crippen LogP contribution in [0.5, 0.6) is 0 Å². The second-order valence-corrected chi connectivity index (χ2v) is 5.88. The van der Waals surface area contributed by atoms with Crippen molar-refractivity contribution in [3.8, 4) is 0 Å². The lowest BCUT2D eigenvalue weighted by Gasteiger charge is -2.29. The highest BCUT2D eigenvalue weighted by molar-refractivity contribution is 5.81. The summed E-state index contributed by atoms with van der Waals surface area (Å²) in [6.07, 6.45) is 1.21. The minimum atomic E-state index is -0.536. The minimum Gasteiger partial charge on any atom is -0.376 e. The van der Waals surface area contributed by atoms with Gasteiger partial charge < -0.3 is 14.4 Å². The molecule has 126 valence electrons. The third-order valence-corrected chi connectivity index (χ3v) is 4.10. The predicted octanol–water partition coefficient (Wildman–Crippen LogP) is 2.33. The molecule has 2 aromatic rings. The molecule has 1 aliphatic heterocycles. The first kappa shape index (κ1) is 16.6. The van der Waals surface area contributed by atoms with Crippen molar-refractivity contribution in [3.05, 3.63) is 65.5 Å². The van der Waals surface area contributed by atoms with Crippen LogP contribution in [-0.4, -0.2) is 41.7 Å². The Morgan fingerprint density at radius 1 is 1.17 bits per heavy atom. The molecular formula is C19H22N2O3. The van der Waals surface area contributed by atoms with Gasteiger partial charge in [0, 0.05) is 12.7 Å². The Morgan fingerprint density at radius 3 is 2.71 bits per heavy atom. The van der Waals surface area contributed by atoms with Gasteiger partial charge in [0.25, 0.3) is 5.91 Å². The fourth-order valence-corrected chi connectivity index (χ4v) is 2.73. The largest absolute Gasteiger partial charge is 0.376 e. The fourth-order valence-electron chi connectivity index (χ4n) is 2.73. The summed E-state index contributed by atoms with van der Waals surface area (Å²) in [5, 5.41) is 0. The highest BCUT2D eigenvalue weighted by Crippen LogP contribution is 2.15. The topological polar surface area (TPSA) is 51.7 Å². The second kappa shape index (κ2) is 8.04. The molecule has 1 atom stereocenters. The van der Waals surface area contributed by atoms with Crippen LogP contribution in [-0.2, 0) is 27.4 Å². The molecule has 0 N–H and O–H groups in total. The summed E-state index contributed by atoms with van der Waals surface area (Å²) in [7, 11) is 0. The quantitative estimate of drug-likeness (QED) is 0.846. The number of nitrogens with zero attached hydrogens (tertiary/aromatic N) is 2. The standard InChI is InChI=1S/C19H22N2O3/c1-15-6-2-3-7-16(15)12-21(13-17-8-4-5-9-20-17)19(22)18-14-23-10-11-24-18/h2-9,18H,10-14H2,1H3. The van der Waals surface area contributed by atoms with Crippen molar-refractivity contribution in [2.24, 2.45) is 0 Å². The van der Waals surface area contributed by atoms with Crippen LogP contribution in [0.3, 0.4) is 0 Å². The van der Waals surface area contributed by atoms with E-state index >= 15 is 0 Å². The summed E-state index contributed by atoms with van der Waals surface area (Å²) in [6, 6.07) is 13.8.